The summed E-state index contributed by atoms with van der Waals surface area (Å²) in [4.78, 5) is 27.5. The molecule has 1 aliphatic heterocycles. The third-order valence-corrected chi connectivity index (χ3v) is 5.16. The van der Waals surface area contributed by atoms with E-state index in [1.165, 1.54) is 4.90 Å². The predicted molar refractivity (Wildman–Crippen MR) is 115 cm³/mol. The molecule has 2 aromatic carbocycles. The number of anilines is 1. The summed E-state index contributed by atoms with van der Waals surface area (Å²) in [6.07, 6.45) is 0. The number of carbonyl (C=O) groups excluding carboxylic acids is 2. The monoisotopic (exact) mass is 436 g/mol. The molecule has 4 nitrogen and oxygen atoms in total. The van der Waals surface area contributed by atoms with Gasteiger partial charge in [0, 0.05) is 27.8 Å². The number of halogens is 3. The van der Waals surface area contributed by atoms with Crippen LogP contribution < -0.4 is 5.32 Å². The summed E-state index contributed by atoms with van der Waals surface area (Å²) in [5, 5.41) is 4.39. The smallest absolute Gasteiger partial charge is 0.278 e. The summed E-state index contributed by atoms with van der Waals surface area (Å²) in [5.41, 5.74) is 2.41. The second-order valence-electron chi connectivity index (χ2n) is 7.07. The molecule has 0 spiro atoms. The number of carbonyl (C=O) groups is 2. The first kappa shape index (κ1) is 20.7. The van der Waals surface area contributed by atoms with Crippen LogP contribution in [-0.4, -0.2) is 23.3 Å². The van der Waals surface area contributed by atoms with E-state index < -0.39 is 0 Å². The van der Waals surface area contributed by atoms with Crippen LogP contribution in [0.3, 0.4) is 0 Å². The van der Waals surface area contributed by atoms with E-state index in [0.717, 1.165) is 5.56 Å². The summed E-state index contributed by atoms with van der Waals surface area (Å²) in [6.45, 7) is 6.09. The molecular formula is C21H19Cl3N2O2. The zero-order valence-electron chi connectivity index (χ0n) is 15.6. The van der Waals surface area contributed by atoms with Crippen LogP contribution in [0.25, 0.3) is 5.57 Å². The van der Waals surface area contributed by atoms with Crippen molar-refractivity contribution in [2.75, 3.05) is 11.9 Å². The predicted octanol–water partition coefficient (Wildman–Crippen LogP) is 5.80. The van der Waals surface area contributed by atoms with E-state index in [1.807, 2.05) is 26.8 Å². The molecule has 0 bridgehead atoms. The highest BCUT2D eigenvalue weighted by molar-refractivity contribution is 6.41. The molecule has 0 saturated carbocycles. The Labute approximate surface area is 179 Å². The lowest BCUT2D eigenvalue weighted by molar-refractivity contribution is -0.137. The maximum absolute atomic E-state index is 13.1. The summed E-state index contributed by atoms with van der Waals surface area (Å²) >= 11 is 18.5. The zero-order valence-corrected chi connectivity index (χ0v) is 17.9. The Bertz CT molecular complexity index is 999. The van der Waals surface area contributed by atoms with Gasteiger partial charge in [0.15, 0.2) is 0 Å². The minimum Gasteiger partial charge on any atom is -0.350 e. The summed E-state index contributed by atoms with van der Waals surface area (Å²) < 4.78 is 0. The van der Waals surface area contributed by atoms with E-state index in [2.05, 4.69) is 5.32 Å². The number of aryl methyl sites for hydroxylation is 1. The van der Waals surface area contributed by atoms with Crippen LogP contribution in [0.15, 0.2) is 42.1 Å². The van der Waals surface area contributed by atoms with Crippen molar-refractivity contribution in [3.05, 3.63) is 68.3 Å². The first-order valence-electron chi connectivity index (χ1n) is 8.78. The van der Waals surface area contributed by atoms with Gasteiger partial charge in [-0.15, -0.1) is 0 Å². The number of hydrogen-bond donors (Lipinski definition) is 1. The third kappa shape index (κ3) is 4.04. The summed E-state index contributed by atoms with van der Waals surface area (Å²) in [7, 11) is 0. The molecule has 146 valence electrons. The lowest BCUT2D eigenvalue weighted by atomic mass is 10.0. The van der Waals surface area contributed by atoms with Crippen molar-refractivity contribution in [3.63, 3.8) is 0 Å². The maximum Gasteiger partial charge on any atom is 0.278 e. The highest BCUT2D eigenvalue weighted by Gasteiger charge is 2.40. The van der Waals surface area contributed by atoms with Crippen molar-refractivity contribution in [1.29, 1.82) is 0 Å². The first-order chi connectivity index (χ1) is 13.2. The Morgan fingerprint density at radius 1 is 0.964 bits per heavy atom. The van der Waals surface area contributed by atoms with Crippen LogP contribution in [0, 0.1) is 12.8 Å². The van der Waals surface area contributed by atoms with E-state index in [4.69, 9.17) is 34.8 Å². The largest absolute Gasteiger partial charge is 0.350 e. The molecule has 0 aliphatic carbocycles. The Balaban J connectivity index is 2.15. The minimum atomic E-state index is -0.390. The molecule has 2 amide bonds. The van der Waals surface area contributed by atoms with Crippen molar-refractivity contribution in [1.82, 2.24) is 4.90 Å². The Kier molecular flexibility index (Phi) is 6.04. The fourth-order valence-electron chi connectivity index (χ4n) is 3.03. The van der Waals surface area contributed by atoms with Crippen LogP contribution in [0.4, 0.5) is 5.69 Å². The quantitative estimate of drug-likeness (QED) is 0.601. The van der Waals surface area contributed by atoms with E-state index in [9.17, 15) is 9.59 Å². The third-order valence-electron chi connectivity index (χ3n) is 4.38. The van der Waals surface area contributed by atoms with Gasteiger partial charge in [0.2, 0.25) is 0 Å². The lowest BCUT2D eigenvalue weighted by Crippen LogP contribution is -2.35. The van der Waals surface area contributed by atoms with Gasteiger partial charge in [-0.3, -0.25) is 14.5 Å². The number of rotatable bonds is 5. The Morgan fingerprint density at radius 3 is 2.25 bits per heavy atom. The first-order valence-corrected chi connectivity index (χ1v) is 9.91. The van der Waals surface area contributed by atoms with Gasteiger partial charge in [-0.1, -0.05) is 60.8 Å². The van der Waals surface area contributed by atoms with Gasteiger partial charge >= 0.3 is 0 Å². The summed E-state index contributed by atoms with van der Waals surface area (Å²) in [5.74, 6) is -0.647. The molecule has 0 saturated heterocycles. The fourth-order valence-corrected chi connectivity index (χ4v) is 3.70. The van der Waals surface area contributed by atoms with Crippen LogP contribution in [0.5, 0.6) is 0 Å². The molecule has 0 aromatic heterocycles. The Morgan fingerprint density at radius 2 is 1.61 bits per heavy atom. The van der Waals surface area contributed by atoms with Gasteiger partial charge in [0.1, 0.15) is 5.70 Å². The zero-order chi connectivity index (χ0) is 20.6. The molecule has 1 aliphatic rings. The highest BCUT2D eigenvalue weighted by Crippen LogP contribution is 2.36. The van der Waals surface area contributed by atoms with Crippen molar-refractivity contribution in [3.8, 4) is 0 Å². The van der Waals surface area contributed by atoms with Crippen molar-refractivity contribution in [2.45, 2.75) is 20.8 Å². The molecule has 2 aromatic rings. The van der Waals surface area contributed by atoms with Crippen LogP contribution in [-0.2, 0) is 9.59 Å². The fraction of sp³-hybridized carbons (Fsp3) is 0.238. The molecule has 1 N–H and O–H groups in total. The maximum atomic E-state index is 13.1. The van der Waals surface area contributed by atoms with Gasteiger partial charge in [0.05, 0.1) is 10.6 Å². The van der Waals surface area contributed by atoms with E-state index in [-0.39, 0.29) is 29.0 Å². The van der Waals surface area contributed by atoms with E-state index >= 15 is 0 Å². The van der Waals surface area contributed by atoms with E-state index in [0.29, 0.717) is 32.9 Å². The molecule has 1 heterocycles. The van der Waals surface area contributed by atoms with Crippen LogP contribution in [0.1, 0.15) is 25.0 Å². The van der Waals surface area contributed by atoms with Gasteiger partial charge < -0.3 is 5.32 Å². The van der Waals surface area contributed by atoms with Crippen molar-refractivity contribution >= 4 is 57.9 Å². The van der Waals surface area contributed by atoms with Gasteiger partial charge in [-0.2, -0.15) is 0 Å². The average molecular weight is 438 g/mol. The average Bonchev–Trinajstić information content (AvgIpc) is 2.83. The molecule has 0 fully saturated rings. The van der Waals surface area contributed by atoms with Gasteiger partial charge in [0.25, 0.3) is 11.8 Å². The second kappa shape index (κ2) is 8.16. The standard InChI is InChI=1S/C21H19Cl3N2O2/c1-11(2)10-26-20(27)18(15-7-6-13(22)8-16(15)24)19(21(26)28)25-17-9-14(23)5-4-12(17)3/h4-9,11,25H,10H2,1-3H3. The van der Waals surface area contributed by atoms with Gasteiger partial charge in [-0.05, 0) is 42.7 Å². The SMILES string of the molecule is Cc1ccc(Cl)cc1NC1=C(c2ccc(Cl)cc2Cl)C(=O)N(CC(C)C)C1=O. The number of benzene rings is 2. The molecule has 0 unspecified atom stereocenters. The minimum absolute atomic E-state index is 0.127. The molecule has 3 rings (SSSR count). The molecule has 0 radical (unpaired) electrons. The number of nitrogens with one attached hydrogen (secondary N) is 1. The Hall–Kier alpha value is -2.01. The highest BCUT2D eigenvalue weighted by atomic mass is 35.5. The number of imide groups is 1. The topological polar surface area (TPSA) is 49.4 Å². The molecule has 7 heteroatoms. The van der Waals surface area contributed by atoms with Crippen LogP contribution >= 0.6 is 34.8 Å². The van der Waals surface area contributed by atoms with Gasteiger partial charge in [-0.25, -0.2) is 0 Å². The van der Waals surface area contributed by atoms with E-state index in [1.54, 1.807) is 30.3 Å². The van der Waals surface area contributed by atoms with Crippen molar-refractivity contribution in [2.24, 2.45) is 5.92 Å². The van der Waals surface area contributed by atoms with Crippen LogP contribution in [0.2, 0.25) is 15.1 Å². The number of amides is 2. The molecular weight excluding hydrogens is 419 g/mol. The van der Waals surface area contributed by atoms with Crippen molar-refractivity contribution < 1.29 is 9.59 Å². The summed E-state index contributed by atoms with van der Waals surface area (Å²) in [6, 6.07) is 10.2. The normalized spacial score (nSPS) is 14.5. The molecule has 28 heavy (non-hydrogen) atoms. The number of hydrogen-bond acceptors (Lipinski definition) is 3. The molecule has 0 atom stereocenters. The lowest BCUT2D eigenvalue weighted by Gasteiger charge is -2.17. The number of nitrogens with zero attached hydrogens (tertiary/aromatic N) is 1. The second-order valence-corrected chi connectivity index (χ2v) is 8.35.